The van der Waals surface area contributed by atoms with E-state index in [0.717, 1.165) is 55.1 Å². The summed E-state index contributed by atoms with van der Waals surface area (Å²) < 4.78 is 6.75. The first kappa shape index (κ1) is 16.0. The SMILES string of the molecule is c1ccc2c(Oc3c4ccccc4nc4ccccc34)c3ccccc3nc2c1. The van der Waals surface area contributed by atoms with Crippen LogP contribution in [-0.4, -0.2) is 9.97 Å². The number of ether oxygens (including phenoxy) is 1. The molecule has 0 amide bonds. The van der Waals surface area contributed by atoms with Crippen molar-refractivity contribution in [2.24, 2.45) is 0 Å². The Balaban J connectivity index is 1.73. The predicted molar refractivity (Wildman–Crippen MR) is 119 cm³/mol. The van der Waals surface area contributed by atoms with Crippen LogP contribution in [-0.2, 0) is 0 Å². The first-order chi connectivity index (χ1) is 14.4. The van der Waals surface area contributed by atoms with Crippen LogP contribution in [0.1, 0.15) is 0 Å². The predicted octanol–water partition coefficient (Wildman–Crippen LogP) is 6.88. The van der Waals surface area contributed by atoms with Crippen molar-refractivity contribution in [1.82, 2.24) is 9.97 Å². The monoisotopic (exact) mass is 372 g/mol. The maximum absolute atomic E-state index is 6.75. The van der Waals surface area contributed by atoms with Crippen molar-refractivity contribution in [1.29, 1.82) is 0 Å². The molecule has 0 atom stereocenters. The average molecular weight is 372 g/mol. The molecule has 0 saturated carbocycles. The fourth-order valence-electron chi connectivity index (χ4n) is 3.92. The van der Waals surface area contributed by atoms with Gasteiger partial charge in [-0.2, -0.15) is 0 Å². The molecule has 29 heavy (non-hydrogen) atoms. The highest BCUT2D eigenvalue weighted by molar-refractivity contribution is 6.04. The van der Waals surface area contributed by atoms with Crippen LogP contribution in [0, 0.1) is 0 Å². The number of aromatic nitrogens is 2. The Hall–Kier alpha value is -3.98. The van der Waals surface area contributed by atoms with Gasteiger partial charge in [-0.05, 0) is 48.5 Å². The third-order valence-electron chi connectivity index (χ3n) is 5.28. The van der Waals surface area contributed by atoms with Crippen molar-refractivity contribution < 1.29 is 4.74 Å². The van der Waals surface area contributed by atoms with Gasteiger partial charge in [0.1, 0.15) is 11.5 Å². The van der Waals surface area contributed by atoms with Crippen molar-refractivity contribution in [3.8, 4) is 11.5 Å². The van der Waals surface area contributed by atoms with E-state index in [2.05, 4.69) is 24.3 Å². The van der Waals surface area contributed by atoms with Crippen LogP contribution in [0.5, 0.6) is 11.5 Å². The number of pyridine rings is 2. The van der Waals surface area contributed by atoms with Gasteiger partial charge in [0, 0.05) is 21.5 Å². The molecular weight excluding hydrogens is 356 g/mol. The van der Waals surface area contributed by atoms with Gasteiger partial charge in [-0.3, -0.25) is 0 Å². The van der Waals surface area contributed by atoms with E-state index in [4.69, 9.17) is 14.7 Å². The van der Waals surface area contributed by atoms with E-state index in [1.807, 2.05) is 72.8 Å². The quantitative estimate of drug-likeness (QED) is 0.311. The minimum absolute atomic E-state index is 0.827. The zero-order valence-electron chi connectivity index (χ0n) is 15.5. The number of benzene rings is 4. The highest BCUT2D eigenvalue weighted by Gasteiger charge is 2.15. The van der Waals surface area contributed by atoms with E-state index in [1.54, 1.807) is 0 Å². The van der Waals surface area contributed by atoms with E-state index in [1.165, 1.54) is 0 Å². The molecule has 136 valence electrons. The average Bonchev–Trinajstić information content (AvgIpc) is 2.78. The highest BCUT2D eigenvalue weighted by Crippen LogP contribution is 2.41. The van der Waals surface area contributed by atoms with Crippen LogP contribution in [0.4, 0.5) is 0 Å². The number of para-hydroxylation sites is 4. The molecule has 0 unspecified atom stereocenters. The summed E-state index contributed by atoms with van der Waals surface area (Å²) in [6.45, 7) is 0. The topological polar surface area (TPSA) is 35.0 Å². The lowest BCUT2D eigenvalue weighted by atomic mass is 10.1. The van der Waals surface area contributed by atoms with Crippen LogP contribution >= 0.6 is 0 Å². The molecule has 0 N–H and O–H groups in total. The molecule has 2 heterocycles. The summed E-state index contributed by atoms with van der Waals surface area (Å²) in [6.07, 6.45) is 0. The molecule has 3 nitrogen and oxygen atoms in total. The minimum atomic E-state index is 0.827. The molecular formula is C26H16N2O. The zero-order valence-corrected chi connectivity index (χ0v) is 15.5. The first-order valence-electron chi connectivity index (χ1n) is 9.61. The molecule has 3 heteroatoms. The summed E-state index contributed by atoms with van der Waals surface area (Å²) in [6, 6.07) is 32.5. The molecule has 0 spiro atoms. The van der Waals surface area contributed by atoms with Crippen LogP contribution < -0.4 is 4.74 Å². The second-order valence-corrected chi connectivity index (χ2v) is 7.05. The van der Waals surface area contributed by atoms with E-state index in [-0.39, 0.29) is 0 Å². The summed E-state index contributed by atoms with van der Waals surface area (Å²) in [5.74, 6) is 1.65. The standard InChI is InChI=1S/C26H16N2O/c1-5-13-21-17(9-1)25(18-10-2-6-14-22(18)27-21)29-26-19-11-3-7-15-23(19)28-24-16-8-4-12-20(24)26/h1-16H. The highest BCUT2D eigenvalue weighted by atomic mass is 16.5. The van der Waals surface area contributed by atoms with Crippen LogP contribution in [0.15, 0.2) is 97.1 Å². The molecule has 6 rings (SSSR count). The fraction of sp³-hybridized carbons (Fsp3) is 0. The lowest BCUT2D eigenvalue weighted by Crippen LogP contribution is -1.94. The summed E-state index contributed by atoms with van der Waals surface area (Å²) in [5.41, 5.74) is 3.68. The van der Waals surface area contributed by atoms with Crippen LogP contribution in [0.3, 0.4) is 0 Å². The summed E-state index contributed by atoms with van der Waals surface area (Å²) in [4.78, 5) is 9.62. The molecule has 0 bridgehead atoms. The molecule has 4 aromatic carbocycles. The smallest absolute Gasteiger partial charge is 0.146 e. The van der Waals surface area contributed by atoms with Gasteiger partial charge in [0.05, 0.1) is 22.1 Å². The zero-order chi connectivity index (χ0) is 19.2. The summed E-state index contributed by atoms with van der Waals surface area (Å²) in [7, 11) is 0. The van der Waals surface area contributed by atoms with Crippen molar-refractivity contribution >= 4 is 43.6 Å². The maximum Gasteiger partial charge on any atom is 0.146 e. The van der Waals surface area contributed by atoms with Gasteiger partial charge >= 0.3 is 0 Å². The number of fused-ring (bicyclic) bond motifs is 4. The molecule has 0 fully saturated rings. The van der Waals surface area contributed by atoms with Gasteiger partial charge in [-0.25, -0.2) is 9.97 Å². The molecule has 0 aliphatic carbocycles. The normalized spacial score (nSPS) is 11.4. The molecule has 0 aliphatic heterocycles. The van der Waals surface area contributed by atoms with Gasteiger partial charge < -0.3 is 4.74 Å². The second-order valence-electron chi connectivity index (χ2n) is 7.05. The Morgan fingerprint density at radius 3 is 0.966 bits per heavy atom. The van der Waals surface area contributed by atoms with Crippen molar-refractivity contribution in [2.75, 3.05) is 0 Å². The lowest BCUT2D eigenvalue weighted by Gasteiger charge is -2.15. The molecule has 0 saturated heterocycles. The summed E-state index contributed by atoms with van der Waals surface area (Å²) >= 11 is 0. The third-order valence-corrected chi connectivity index (χ3v) is 5.28. The number of nitrogens with zero attached hydrogens (tertiary/aromatic N) is 2. The third kappa shape index (κ3) is 2.52. The number of hydrogen-bond donors (Lipinski definition) is 0. The van der Waals surface area contributed by atoms with Crippen LogP contribution in [0.25, 0.3) is 43.6 Å². The lowest BCUT2D eigenvalue weighted by molar-refractivity contribution is 0.505. The Labute approximate surface area is 167 Å². The van der Waals surface area contributed by atoms with Gasteiger partial charge in [0.25, 0.3) is 0 Å². The Bertz CT molecular complexity index is 1310. The Kier molecular flexibility index (Phi) is 3.47. The summed E-state index contributed by atoms with van der Waals surface area (Å²) in [5, 5.41) is 3.99. The van der Waals surface area contributed by atoms with Gasteiger partial charge in [0.2, 0.25) is 0 Å². The van der Waals surface area contributed by atoms with Gasteiger partial charge in [-0.1, -0.05) is 48.5 Å². The van der Waals surface area contributed by atoms with Gasteiger partial charge in [0.15, 0.2) is 0 Å². The van der Waals surface area contributed by atoms with E-state index in [0.29, 0.717) is 0 Å². The Morgan fingerprint density at radius 1 is 0.379 bits per heavy atom. The van der Waals surface area contributed by atoms with E-state index in [9.17, 15) is 0 Å². The fourth-order valence-corrected chi connectivity index (χ4v) is 3.92. The first-order valence-corrected chi connectivity index (χ1v) is 9.61. The largest absolute Gasteiger partial charge is 0.455 e. The van der Waals surface area contributed by atoms with E-state index < -0.39 is 0 Å². The Morgan fingerprint density at radius 2 is 0.655 bits per heavy atom. The van der Waals surface area contributed by atoms with Crippen LogP contribution in [0.2, 0.25) is 0 Å². The number of rotatable bonds is 2. The van der Waals surface area contributed by atoms with Gasteiger partial charge in [-0.15, -0.1) is 0 Å². The molecule has 0 aliphatic rings. The molecule has 2 aromatic heterocycles. The van der Waals surface area contributed by atoms with Crippen molar-refractivity contribution in [3.63, 3.8) is 0 Å². The second kappa shape index (κ2) is 6.28. The maximum atomic E-state index is 6.75. The van der Waals surface area contributed by atoms with Crippen molar-refractivity contribution in [3.05, 3.63) is 97.1 Å². The van der Waals surface area contributed by atoms with Crippen molar-refractivity contribution in [2.45, 2.75) is 0 Å². The number of hydrogen-bond acceptors (Lipinski definition) is 3. The molecule has 0 radical (unpaired) electrons. The van der Waals surface area contributed by atoms with E-state index >= 15 is 0 Å². The minimum Gasteiger partial charge on any atom is -0.455 e. The molecule has 6 aromatic rings.